The zero-order chi connectivity index (χ0) is 20.1. The van der Waals surface area contributed by atoms with Gasteiger partial charge in [-0.05, 0) is 55.0 Å². The lowest BCUT2D eigenvalue weighted by atomic mass is 9.98. The van der Waals surface area contributed by atoms with Gasteiger partial charge in [0.25, 0.3) is 0 Å². The van der Waals surface area contributed by atoms with Gasteiger partial charge in [-0.2, -0.15) is 5.26 Å². The molecule has 0 fully saturated rings. The Morgan fingerprint density at radius 1 is 1.14 bits per heavy atom. The Morgan fingerprint density at radius 3 is 2.36 bits per heavy atom. The first-order valence-electron chi connectivity index (χ1n) is 8.83. The molecule has 1 heterocycles. The normalized spacial score (nSPS) is 10.2. The van der Waals surface area contributed by atoms with E-state index in [0.29, 0.717) is 29.1 Å². The maximum Gasteiger partial charge on any atom is 0.221 e. The zero-order valence-electron chi connectivity index (χ0n) is 15.7. The molecule has 0 saturated heterocycles. The van der Waals surface area contributed by atoms with E-state index in [1.807, 2.05) is 49.4 Å². The number of ether oxygens (including phenoxy) is 1. The average molecular weight is 372 g/mol. The van der Waals surface area contributed by atoms with Crippen LogP contribution < -0.4 is 15.8 Å². The molecular formula is C22H20N4O2. The molecule has 0 atom stereocenters. The van der Waals surface area contributed by atoms with Crippen molar-refractivity contribution in [2.45, 2.75) is 13.8 Å². The molecule has 1 aromatic heterocycles. The first kappa shape index (κ1) is 18.9. The van der Waals surface area contributed by atoms with Crippen LogP contribution in [0.2, 0.25) is 0 Å². The SMILES string of the molecule is CCOc1ccc(-c2cc(-c3ccc(NC(C)=O)cc3)c(C#N)c(N)n2)cc1. The molecule has 3 N–H and O–H groups in total. The maximum atomic E-state index is 11.2. The first-order chi connectivity index (χ1) is 13.5. The van der Waals surface area contributed by atoms with Gasteiger partial charge in [-0.25, -0.2) is 4.98 Å². The van der Waals surface area contributed by atoms with Crippen molar-refractivity contribution in [1.82, 2.24) is 4.98 Å². The number of carbonyl (C=O) groups excluding carboxylic acids is 1. The lowest BCUT2D eigenvalue weighted by molar-refractivity contribution is -0.114. The fraction of sp³-hybridized carbons (Fsp3) is 0.136. The molecule has 0 aliphatic heterocycles. The number of carbonyl (C=O) groups is 1. The van der Waals surface area contributed by atoms with Crippen molar-refractivity contribution >= 4 is 17.4 Å². The molecule has 0 unspecified atom stereocenters. The highest BCUT2D eigenvalue weighted by Crippen LogP contribution is 2.32. The van der Waals surface area contributed by atoms with Crippen LogP contribution in [0.3, 0.4) is 0 Å². The summed E-state index contributed by atoms with van der Waals surface area (Å²) in [5.74, 6) is 0.813. The third-order valence-corrected chi connectivity index (χ3v) is 4.14. The molecule has 6 heteroatoms. The van der Waals surface area contributed by atoms with Crippen molar-refractivity contribution in [2.24, 2.45) is 0 Å². The van der Waals surface area contributed by atoms with Gasteiger partial charge in [-0.1, -0.05) is 12.1 Å². The van der Waals surface area contributed by atoms with Crippen LogP contribution in [0.5, 0.6) is 5.75 Å². The number of nitrogens with zero attached hydrogens (tertiary/aromatic N) is 2. The number of amides is 1. The van der Waals surface area contributed by atoms with Gasteiger partial charge in [0.2, 0.25) is 5.91 Å². The highest BCUT2D eigenvalue weighted by atomic mass is 16.5. The number of aromatic nitrogens is 1. The largest absolute Gasteiger partial charge is 0.494 e. The van der Waals surface area contributed by atoms with Gasteiger partial charge in [0.1, 0.15) is 23.2 Å². The van der Waals surface area contributed by atoms with E-state index in [1.54, 1.807) is 12.1 Å². The summed E-state index contributed by atoms with van der Waals surface area (Å²) < 4.78 is 5.47. The van der Waals surface area contributed by atoms with Crippen LogP contribution in [0.15, 0.2) is 54.6 Å². The summed E-state index contributed by atoms with van der Waals surface area (Å²) in [6, 6.07) is 18.8. The maximum absolute atomic E-state index is 11.2. The van der Waals surface area contributed by atoms with Gasteiger partial charge in [-0.3, -0.25) is 4.79 Å². The second-order valence-corrected chi connectivity index (χ2v) is 6.14. The lowest BCUT2D eigenvalue weighted by Crippen LogP contribution is -2.05. The number of anilines is 2. The zero-order valence-corrected chi connectivity index (χ0v) is 15.7. The predicted molar refractivity (Wildman–Crippen MR) is 110 cm³/mol. The van der Waals surface area contributed by atoms with E-state index >= 15 is 0 Å². The minimum atomic E-state index is -0.142. The molecule has 2 aromatic carbocycles. The van der Waals surface area contributed by atoms with Gasteiger partial charge in [0.15, 0.2) is 0 Å². The van der Waals surface area contributed by atoms with Crippen LogP contribution in [0.25, 0.3) is 22.4 Å². The number of pyridine rings is 1. The monoisotopic (exact) mass is 372 g/mol. The highest BCUT2D eigenvalue weighted by molar-refractivity contribution is 5.89. The summed E-state index contributed by atoms with van der Waals surface area (Å²) in [7, 11) is 0. The Kier molecular flexibility index (Phi) is 5.56. The molecule has 28 heavy (non-hydrogen) atoms. The smallest absolute Gasteiger partial charge is 0.221 e. The second kappa shape index (κ2) is 8.23. The fourth-order valence-electron chi connectivity index (χ4n) is 2.88. The summed E-state index contributed by atoms with van der Waals surface area (Å²) in [4.78, 5) is 15.6. The van der Waals surface area contributed by atoms with E-state index in [2.05, 4.69) is 16.4 Å². The van der Waals surface area contributed by atoms with Gasteiger partial charge in [0, 0.05) is 23.7 Å². The standard InChI is InChI=1S/C22H20N4O2/c1-3-28-18-10-6-16(7-11-18)21-12-19(20(13-23)22(24)26-21)15-4-8-17(9-5-15)25-14(2)27/h4-12H,3H2,1-2H3,(H2,24,26)(H,25,27). The summed E-state index contributed by atoms with van der Waals surface area (Å²) in [5, 5.41) is 12.3. The van der Waals surface area contributed by atoms with Crippen molar-refractivity contribution < 1.29 is 9.53 Å². The Labute approximate surface area is 163 Å². The Morgan fingerprint density at radius 2 is 1.79 bits per heavy atom. The number of nitrogens with one attached hydrogen (secondary N) is 1. The molecule has 3 aromatic rings. The number of rotatable bonds is 5. The van der Waals surface area contributed by atoms with Gasteiger partial charge in [0.05, 0.1) is 12.3 Å². The van der Waals surface area contributed by atoms with Crippen molar-refractivity contribution in [1.29, 1.82) is 5.26 Å². The van der Waals surface area contributed by atoms with Crippen LogP contribution in [0, 0.1) is 11.3 Å². The van der Waals surface area contributed by atoms with E-state index in [4.69, 9.17) is 10.5 Å². The number of hydrogen-bond acceptors (Lipinski definition) is 5. The molecule has 0 aliphatic rings. The minimum Gasteiger partial charge on any atom is -0.494 e. The number of nitrogen functional groups attached to an aromatic ring is 1. The van der Waals surface area contributed by atoms with E-state index in [1.165, 1.54) is 6.92 Å². The minimum absolute atomic E-state index is 0.142. The predicted octanol–water partition coefficient (Wildman–Crippen LogP) is 4.23. The number of benzene rings is 2. The molecule has 6 nitrogen and oxygen atoms in total. The van der Waals surface area contributed by atoms with Crippen molar-refractivity contribution in [3.63, 3.8) is 0 Å². The molecule has 1 amide bonds. The number of nitrogens with two attached hydrogens (primary N) is 1. The Bertz CT molecular complexity index is 1040. The van der Waals surface area contributed by atoms with Gasteiger partial charge >= 0.3 is 0 Å². The molecule has 140 valence electrons. The molecule has 3 rings (SSSR count). The fourth-order valence-corrected chi connectivity index (χ4v) is 2.88. The molecule has 0 aliphatic carbocycles. The van der Waals surface area contributed by atoms with E-state index < -0.39 is 0 Å². The van der Waals surface area contributed by atoms with Crippen molar-refractivity contribution in [3.05, 3.63) is 60.2 Å². The van der Waals surface area contributed by atoms with E-state index in [9.17, 15) is 10.1 Å². The van der Waals surface area contributed by atoms with Gasteiger partial charge < -0.3 is 15.8 Å². The molecular weight excluding hydrogens is 352 g/mol. The van der Waals surface area contributed by atoms with E-state index in [0.717, 1.165) is 16.9 Å². The number of nitriles is 1. The van der Waals surface area contributed by atoms with Crippen LogP contribution in [0.1, 0.15) is 19.4 Å². The molecule has 0 bridgehead atoms. The third kappa shape index (κ3) is 4.10. The highest BCUT2D eigenvalue weighted by Gasteiger charge is 2.13. The molecule has 0 spiro atoms. The van der Waals surface area contributed by atoms with Crippen LogP contribution in [-0.4, -0.2) is 17.5 Å². The number of hydrogen-bond donors (Lipinski definition) is 2. The van der Waals surface area contributed by atoms with E-state index in [-0.39, 0.29) is 11.7 Å². The Balaban J connectivity index is 2.03. The molecule has 0 radical (unpaired) electrons. The lowest BCUT2D eigenvalue weighted by Gasteiger charge is -2.11. The summed E-state index contributed by atoms with van der Waals surface area (Å²) in [5.41, 5.74) is 10.1. The quantitative estimate of drug-likeness (QED) is 0.698. The summed E-state index contributed by atoms with van der Waals surface area (Å²) in [6.07, 6.45) is 0. The van der Waals surface area contributed by atoms with Crippen LogP contribution in [-0.2, 0) is 4.79 Å². The van der Waals surface area contributed by atoms with Gasteiger partial charge in [-0.15, -0.1) is 0 Å². The third-order valence-electron chi connectivity index (χ3n) is 4.14. The summed E-state index contributed by atoms with van der Waals surface area (Å²) in [6.45, 7) is 3.98. The van der Waals surface area contributed by atoms with Crippen molar-refractivity contribution in [2.75, 3.05) is 17.7 Å². The summed E-state index contributed by atoms with van der Waals surface area (Å²) >= 11 is 0. The Hall–Kier alpha value is -3.85. The topological polar surface area (TPSA) is 101 Å². The second-order valence-electron chi connectivity index (χ2n) is 6.14. The average Bonchev–Trinajstić information content (AvgIpc) is 2.68. The first-order valence-corrected chi connectivity index (χ1v) is 8.83. The van der Waals surface area contributed by atoms with Crippen LogP contribution >= 0.6 is 0 Å². The molecule has 0 saturated carbocycles. The van der Waals surface area contributed by atoms with Crippen molar-refractivity contribution in [3.8, 4) is 34.2 Å². The van der Waals surface area contributed by atoms with Crippen LogP contribution in [0.4, 0.5) is 11.5 Å².